The molecule has 1 fully saturated rings. The average Bonchev–Trinajstić information content (AvgIpc) is 2.11. The Hall–Kier alpha value is 1.18. The van der Waals surface area contributed by atoms with Gasteiger partial charge in [-0.3, -0.25) is 0 Å². The van der Waals surface area contributed by atoms with Gasteiger partial charge in [0, 0.05) is 5.92 Å². The van der Waals surface area contributed by atoms with Crippen molar-refractivity contribution in [3.63, 3.8) is 0 Å². The molecule has 0 saturated carbocycles. The van der Waals surface area contributed by atoms with Crippen molar-refractivity contribution in [1.29, 1.82) is 0 Å². The minimum Gasteiger partial charge on any atom is -0.472 e. The fraction of sp³-hybridized carbons (Fsp3) is 1.00. The van der Waals surface area contributed by atoms with Gasteiger partial charge in [-0.15, -0.1) is 0 Å². The Balaban J connectivity index is 2.59. The topological polar surface area (TPSA) is 18.5 Å². The summed E-state index contributed by atoms with van der Waals surface area (Å²) in [6.45, 7) is 8.96. The van der Waals surface area contributed by atoms with Crippen molar-refractivity contribution >= 4 is 32.5 Å². The van der Waals surface area contributed by atoms with Gasteiger partial charge >= 0.3 is 12.3 Å². The lowest BCUT2D eigenvalue weighted by molar-refractivity contribution is -0.205. The van der Waals surface area contributed by atoms with Crippen molar-refractivity contribution in [1.82, 2.24) is 0 Å². The molecule has 0 bridgehead atoms. The van der Waals surface area contributed by atoms with Gasteiger partial charge in [0.1, 0.15) is 6.29 Å². The predicted octanol–water partition coefficient (Wildman–Crippen LogP) is 2.36. The summed E-state index contributed by atoms with van der Waals surface area (Å²) in [7, 11) is 0. The molecule has 0 aromatic carbocycles. The van der Waals surface area contributed by atoms with E-state index in [2.05, 4.69) is 48.0 Å². The van der Waals surface area contributed by atoms with E-state index >= 15 is 0 Å². The molecular weight excluding hydrogens is 294 g/mol. The van der Waals surface area contributed by atoms with E-state index in [1.54, 1.807) is 0 Å². The molecule has 0 aromatic heterocycles. The van der Waals surface area contributed by atoms with E-state index in [1.165, 1.54) is 0 Å². The normalized spacial score (nSPS) is 46.1. The van der Waals surface area contributed by atoms with E-state index in [0.29, 0.717) is 23.9 Å². The smallest absolute Gasteiger partial charge is 0.472 e. The molecule has 4 heteroatoms. The van der Waals surface area contributed by atoms with Crippen molar-refractivity contribution in [3.8, 4) is 0 Å². The van der Waals surface area contributed by atoms with Crippen molar-refractivity contribution in [3.05, 3.63) is 0 Å². The highest BCUT2D eigenvalue weighted by Gasteiger charge is 2.36. The maximum absolute atomic E-state index is 5.83. The molecule has 0 N–H and O–H groups in total. The van der Waals surface area contributed by atoms with Crippen molar-refractivity contribution in [2.45, 2.75) is 40.1 Å². The summed E-state index contributed by atoms with van der Waals surface area (Å²) in [6.07, 6.45) is 0.401. The number of halogens is 1. The van der Waals surface area contributed by atoms with Crippen LogP contribution in [0.3, 0.4) is 0 Å². The van der Waals surface area contributed by atoms with E-state index in [1.807, 2.05) is 0 Å². The van der Waals surface area contributed by atoms with Crippen LogP contribution >= 0.6 is 20.3 Å². The summed E-state index contributed by atoms with van der Waals surface area (Å²) in [5, 5.41) is 0. The SMILES string of the molecule is CC1[C@H]([O][AlH][I])OC(C)[C@H](C)[C@@H]1C. The number of rotatable bonds is 2. The van der Waals surface area contributed by atoms with Crippen LogP contribution in [0.15, 0.2) is 0 Å². The molecule has 13 heavy (non-hydrogen) atoms. The largest absolute Gasteiger partial charge is 0.527 e. The molecule has 2 unspecified atom stereocenters. The Bertz CT molecular complexity index is 168. The molecule has 1 heterocycles. The molecule has 0 radical (unpaired) electrons. The Kier molecular flexibility index (Phi) is 5.01. The molecule has 0 aromatic rings. The summed E-state index contributed by atoms with van der Waals surface area (Å²) >= 11 is 1.98. The first-order valence-electron chi connectivity index (χ1n) is 4.91. The minimum absolute atomic E-state index is 0.0600. The lowest BCUT2D eigenvalue weighted by Crippen LogP contribution is -2.44. The van der Waals surface area contributed by atoms with Crippen LogP contribution in [0.4, 0.5) is 0 Å². The lowest BCUT2D eigenvalue weighted by Gasteiger charge is -2.42. The summed E-state index contributed by atoms with van der Waals surface area (Å²) in [5.74, 6) is 1.88. The van der Waals surface area contributed by atoms with Crippen molar-refractivity contribution < 1.29 is 8.53 Å². The fourth-order valence-electron chi connectivity index (χ4n) is 1.87. The van der Waals surface area contributed by atoms with E-state index < -0.39 is 0 Å². The van der Waals surface area contributed by atoms with E-state index in [0.717, 1.165) is 0 Å². The van der Waals surface area contributed by atoms with Gasteiger partial charge in [0.25, 0.3) is 0 Å². The number of hydrogen-bond donors (Lipinski definition) is 0. The fourth-order valence-corrected chi connectivity index (χ4v) is 3.44. The van der Waals surface area contributed by atoms with Gasteiger partial charge in [0.05, 0.1) is 6.10 Å². The first-order valence-corrected chi connectivity index (χ1v) is 10.6. The zero-order chi connectivity index (χ0) is 10.0. The summed E-state index contributed by atoms with van der Waals surface area (Å²) in [4.78, 5) is 0. The molecule has 1 aliphatic rings. The van der Waals surface area contributed by atoms with Crippen molar-refractivity contribution in [2.24, 2.45) is 17.8 Å². The molecule has 0 amide bonds. The first kappa shape index (κ1) is 12.3. The molecule has 0 aliphatic carbocycles. The quantitative estimate of drug-likeness (QED) is 0.576. The zero-order valence-corrected chi connectivity index (χ0v) is 12.4. The second-order valence-corrected chi connectivity index (χ2v) is 6.48. The van der Waals surface area contributed by atoms with Gasteiger partial charge in [-0.25, -0.2) is 0 Å². The zero-order valence-electron chi connectivity index (χ0n) is 8.79. The van der Waals surface area contributed by atoms with E-state index in [-0.39, 0.29) is 18.6 Å². The third-order valence-electron chi connectivity index (χ3n) is 3.40. The molecule has 5 atom stereocenters. The monoisotopic (exact) mass is 312 g/mol. The third-order valence-corrected chi connectivity index (χ3v) is 4.94. The van der Waals surface area contributed by atoms with Crippen LogP contribution in [0.1, 0.15) is 27.7 Å². The molecule has 1 rings (SSSR count). The standard InChI is InChI=1S/C9H17O2.Al.HI.H/c1-5-6(2)8(4)11-9(10)7(5)3;;;/h5-9H,1-4H3;;1H;/q-1;+2;;/p-1/t5-,6+,7?,8?,9+;;;/m0.../s1. The Morgan fingerprint density at radius 3 is 2.23 bits per heavy atom. The Labute approximate surface area is 98.5 Å². The third kappa shape index (κ3) is 2.82. The van der Waals surface area contributed by atoms with Crippen LogP contribution in [-0.4, -0.2) is 24.7 Å². The maximum Gasteiger partial charge on any atom is 0.527 e. The van der Waals surface area contributed by atoms with Crippen LogP contribution in [0, 0.1) is 17.8 Å². The van der Waals surface area contributed by atoms with Crippen LogP contribution in [0.5, 0.6) is 0 Å². The van der Waals surface area contributed by atoms with Gasteiger partial charge in [-0.2, -0.15) is 20.3 Å². The summed E-state index contributed by atoms with van der Waals surface area (Å²) < 4.78 is 11.5. The van der Waals surface area contributed by atoms with Crippen LogP contribution < -0.4 is 0 Å². The van der Waals surface area contributed by atoms with Gasteiger partial charge in [-0.1, -0.05) is 20.8 Å². The van der Waals surface area contributed by atoms with Gasteiger partial charge < -0.3 is 8.53 Å². The number of ether oxygens (including phenoxy) is 1. The molecule has 2 nitrogen and oxygen atoms in total. The van der Waals surface area contributed by atoms with Crippen LogP contribution in [-0.2, 0) is 8.53 Å². The van der Waals surface area contributed by atoms with Gasteiger partial charge in [0.15, 0.2) is 0 Å². The second kappa shape index (κ2) is 5.32. The molecule has 0 spiro atoms. The second-order valence-electron chi connectivity index (χ2n) is 4.06. The average molecular weight is 312 g/mol. The molecular formula is C9H18AlIO2. The highest BCUT2D eigenvalue weighted by Crippen LogP contribution is 2.34. The number of hydrogen-bond acceptors (Lipinski definition) is 2. The summed E-state index contributed by atoms with van der Waals surface area (Å²) in [5.41, 5.74) is 0. The van der Waals surface area contributed by atoms with Crippen LogP contribution in [0.25, 0.3) is 0 Å². The highest BCUT2D eigenvalue weighted by molar-refractivity contribution is 14.1. The highest BCUT2D eigenvalue weighted by atomic mass is 127. The predicted molar refractivity (Wildman–Crippen MR) is 64.1 cm³/mol. The molecule has 1 saturated heterocycles. The first-order chi connectivity index (χ1) is 6.07. The van der Waals surface area contributed by atoms with Gasteiger partial charge in [-0.05, 0) is 18.8 Å². The van der Waals surface area contributed by atoms with Crippen molar-refractivity contribution in [2.75, 3.05) is 0 Å². The molecule has 1 aliphatic heterocycles. The Morgan fingerprint density at radius 1 is 1.08 bits per heavy atom. The summed E-state index contributed by atoms with van der Waals surface area (Å²) in [6, 6.07) is 0. The minimum atomic E-state index is -0.380. The molecule has 76 valence electrons. The van der Waals surface area contributed by atoms with E-state index in [4.69, 9.17) is 8.53 Å². The Morgan fingerprint density at radius 2 is 1.69 bits per heavy atom. The van der Waals surface area contributed by atoms with Gasteiger partial charge in [0.2, 0.25) is 0 Å². The van der Waals surface area contributed by atoms with E-state index in [9.17, 15) is 0 Å². The lowest BCUT2D eigenvalue weighted by atomic mass is 9.79. The van der Waals surface area contributed by atoms with Crippen LogP contribution in [0.2, 0.25) is 0 Å². The maximum atomic E-state index is 5.83.